The molecule has 3 heteroatoms. The molecule has 0 spiro atoms. The Labute approximate surface area is 337 Å². The molecule has 0 saturated heterocycles. The van der Waals surface area contributed by atoms with Gasteiger partial charge in [0.05, 0.1) is 27.8 Å². The van der Waals surface area contributed by atoms with Crippen LogP contribution >= 0.6 is 0 Å². The van der Waals surface area contributed by atoms with Crippen LogP contribution in [0, 0.1) is 0 Å². The number of aromatic nitrogens is 2. The largest absolute Gasteiger partial charge is 0.344 e. The van der Waals surface area contributed by atoms with Gasteiger partial charge in [-0.3, -0.25) is 0 Å². The summed E-state index contributed by atoms with van der Waals surface area (Å²) in [6.45, 7) is 0. The molecule has 58 heavy (non-hydrogen) atoms. The summed E-state index contributed by atoms with van der Waals surface area (Å²) in [5.74, 6) is 0. The van der Waals surface area contributed by atoms with Gasteiger partial charge >= 0.3 is 0 Å². The third-order valence-corrected chi connectivity index (χ3v) is 11.7. The van der Waals surface area contributed by atoms with Crippen LogP contribution in [0.3, 0.4) is 0 Å². The summed E-state index contributed by atoms with van der Waals surface area (Å²) in [6, 6.07) is 79.3. The van der Waals surface area contributed by atoms with E-state index in [0.29, 0.717) is 0 Å². The minimum atomic E-state index is 1.12. The Hall–Kier alpha value is -7.62. The second-order valence-corrected chi connectivity index (χ2v) is 15.0. The molecule has 0 radical (unpaired) electrons. The van der Waals surface area contributed by atoms with Gasteiger partial charge in [-0.2, -0.15) is 0 Å². The summed E-state index contributed by atoms with van der Waals surface area (Å²) < 4.78 is 4.86. The summed E-state index contributed by atoms with van der Waals surface area (Å²) in [6.07, 6.45) is 0. The molecule has 0 amide bonds. The molecule has 2 aromatic heterocycles. The number of benzene rings is 9. The van der Waals surface area contributed by atoms with Crippen molar-refractivity contribution < 1.29 is 0 Å². The van der Waals surface area contributed by atoms with Crippen LogP contribution in [-0.4, -0.2) is 16.2 Å². The molecule has 0 unspecified atom stereocenters. The first-order chi connectivity index (χ1) is 28.7. The standard InChI is InChI=1S/C55H39N3/c1-56(41-21-7-3-8-22-41)55-45(38-19-5-2-6-20-38)29-17-30-46(55)40-35-39(36-43(37-40)58-50-31-14-11-25-47(50)48-26-12-15-32-51(48)58)44-28-18-34-53-54(44)49-27-13-16-33-52(49)57(53)42-23-9-4-10-24-42/h2-37H,1H3. The van der Waals surface area contributed by atoms with E-state index in [1.807, 2.05) is 0 Å². The Bertz CT molecular complexity index is 3230. The number of fused-ring (bicyclic) bond motifs is 6. The fourth-order valence-electron chi connectivity index (χ4n) is 9.14. The van der Waals surface area contributed by atoms with Crippen molar-refractivity contribution in [2.24, 2.45) is 0 Å². The van der Waals surface area contributed by atoms with E-state index in [9.17, 15) is 0 Å². The lowest BCUT2D eigenvalue weighted by Crippen LogP contribution is -2.12. The number of para-hydroxylation sites is 6. The van der Waals surface area contributed by atoms with Crippen molar-refractivity contribution >= 4 is 55.0 Å². The van der Waals surface area contributed by atoms with E-state index >= 15 is 0 Å². The zero-order valence-corrected chi connectivity index (χ0v) is 32.1. The van der Waals surface area contributed by atoms with Crippen molar-refractivity contribution in [3.63, 3.8) is 0 Å². The minimum absolute atomic E-state index is 1.12. The molecule has 9 aromatic carbocycles. The molecule has 0 saturated carbocycles. The van der Waals surface area contributed by atoms with Crippen molar-refractivity contribution in [1.29, 1.82) is 0 Å². The Kier molecular flexibility index (Phi) is 8.04. The van der Waals surface area contributed by atoms with E-state index in [1.165, 1.54) is 60.3 Å². The van der Waals surface area contributed by atoms with Gasteiger partial charge in [0.15, 0.2) is 0 Å². The number of anilines is 2. The third kappa shape index (κ3) is 5.43. The maximum Gasteiger partial charge on any atom is 0.0567 e. The first-order valence-electron chi connectivity index (χ1n) is 19.9. The van der Waals surface area contributed by atoms with Gasteiger partial charge in [-0.05, 0) is 89.0 Å². The number of hydrogen-bond donors (Lipinski definition) is 0. The van der Waals surface area contributed by atoms with Gasteiger partial charge in [-0.1, -0.05) is 152 Å². The molecular weight excluding hydrogens is 703 g/mol. The SMILES string of the molecule is CN(c1ccccc1)c1c(-c2ccccc2)cccc1-c1cc(-c2cccc3c2c2ccccc2n3-c2ccccc2)cc(-n2c3ccccc3c3ccccc32)c1. The molecule has 0 bridgehead atoms. The topological polar surface area (TPSA) is 13.1 Å². The molecule has 0 aliphatic heterocycles. The lowest BCUT2D eigenvalue weighted by molar-refractivity contribution is 1.18. The molecular formula is C55H39N3. The lowest BCUT2D eigenvalue weighted by atomic mass is 9.91. The van der Waals surface area contributed by atoms with Crippen LogP contribution < -0.4 is 4.90 Å². The van der Waals surface area contributed by atoms with Gasteiger partial charge in [0.2, 0.25) is 0 Å². The van der Waals surface area contributed by atoms with E-state index in [-0.39, 0.29) is 0 Å². The van der Waals surface area contributed by atoms with Gasteiger partial charge in [0, 0.05) is 56.8 Å². The smallest absolute Gasteiger partial charge is 0.0567 e. The maximum atomic E-state index is 2.45. The Balaban J connectivity index is 1.25. The Morgan fingerprint density at radius 2 is 0.776 bits per heavy atom. The van der Waals surface area contributed by atoms with Crippen LogP contribution in [0.15, 0.2) is 218 Å². The summed E-state index contributed by atoms with van der Waals surface area (Å²) in [4.78, 5) is 2.35. The maximum absolute atomic E-state index is 2.45. The number of rotatable bonds is 7. The van der Waals surface area contributed by atoms with Crippen molar-refractivity contribution in [2.75, 3.05) is 11.9 Å². The monoisotopic (exact) mass is 741 g/mol. The fraction of sp³-hybridized carbons (Fsp3) is 0.0182. The van der Waals surface area contributed by atoms with Crippen LogP contribution in [-0.2, 0) is 0 Å². The van der Waals surface area contributed by atoms with E-state index in [2.05, 4.69) is 239 Å². The van der Waals surface area contributed by atoms with Crippen molar-refractivity contribution in [2.45, 2.75) is 0 Å². The second-order valence-electron chi connectivity index (χ2n) is 15.0. The van der Waals surface area contributed by atoms with E-state index in [1.54, 1.807) is 0 Å². The zero-order valence-electron chi connectivity index (χ0n) is 32.1. The predicted octanol–water partition coefficient (Wildman–Crippen LogP) is 14.6. The number of nitrogens with zero attached hydrogens (tertiary/aromatic N) is 3. The van der Waals surface area contributed by atoms with Crippen LogP contribution in [0.4, 0.5) is 11.4 Å². The van der Waals surface area contributed by atoms with E-state index < -0.39 is 0 Å². The first-order valence-corrected chi connectivity index (χ1v) is 19.9. The highest BCUT2D eigenvalue weighted by molar-refractivity contribution is 6.16. The summed E-state index contributed by atoms with van der Waals surface area (Å²) in [5, 5.41) is 4.96. The van der Waals surface area contributed by atoms with Gasteiger partial charge in [0.25, 0.3) is 0 Å². The lowest BCUT2D eigenvalue weighted by Gasteiger charge is -2.27. The quantitative estimate of drug-likeness (QED) is 0.159. The highest BCUT2D eigenvalue weighted by Gasteiger charge is 2.22. The average molecular weight is 742 g/mol. The molecule has 11 aromatic rings. The molecule has 0 atom stereocenters. The van der Waals surface area contributed by atoms with Crippen molar-refractivity contribution in [1.82, 2.24) is 9.13 Å². The predicted molar refractivity (Wildman–Crippen MR) is 246 cm³/mol. The van der Waals surface area contributed by atoms with Crippen LogP contribution in [0.25, 0.3) is 88.4 Å². The zero-order chi connectivity index (χ0) is 38.6. The molecule has 3 nitrogen and oxygen atoms in total. The first kappa shape index (κ1) is 33.7. The molecule has 0 aliphatic rings. The molecule has 274 valence electrons. The molecule has 0 N–H and O–H groups in total. The Morgan fingerprint density at radius 3 is 1.43 bits per heavy atom. The average Bonchev–Trinajstić information content (AvgIpc) is 3.82. The fourth-order valence-corrected chi connectivity index (χ4v) is 9.14. The Morgan fingerprint density at radius 1 is 0.328 bits per heavy atom. The number of hydrogen-bond acceptors (Lipinski definition) is 1. The van der Waals surface area contributed by atoms with E-state index in [0.717, 1.165) is 39.4 Å². The second kappa shape index (κ2) is 13.8. The summed E-state index contributed by atoms with van der Waals surface area (Å²) in [5.41, 5.74) is 16.3. The normalized spacial score (nSPS) is 11.5. The van der Waals surface area contributed by atoms with Crippen molar-refractivity contribution in [3.05, 3.63) is 218 Å². The van der Waals surface area contributed by atoms with Gasteiger partial charge in [-0.25, -0.2) is 0 Å². The van der Waals surface area contributed by atoms with Crippen LogP contribution in [0.1, 0.15) is 0 Å². The molecule has 0 aliphatic carbocycles. The van der Waals surface area contributed by atoms with Gasteiger partial charge < -0.3 is 14.0 Å². The minimum Gasteiger partial charge on any atom is -0.344 e. The molecule has 2 heterocycles. The molecule has 11 rings (SSSR count). The van der Waals surface area contributed by atoms with E-state index in [4.69, 9.17) is 0 Å². The molecule has 0 fully saturated rings. The summed E-state index contributed by atoms with van der Waals surface area (Å²) >= 11 is 0. The highest BCUT2D eigenvalue weighted by Crippen LogP contribution is 2.46. The van der Waals surface area contributed by atoms with Gasteiger partial charge in [-0.15, -0.1) is 0 Å². The highest BCUT2D eigenvalue weighted by atomic mass is 15.1. The van der Waals surface area contributed by atoms with Crippen molar-refractivity contribution in [3.8, 4) is 44.8 Å². The van der Waals surface area contributed by atoms with Crippen LogP contribution in [0.2, 0.25) is 0 Å². The van der Waals surface area contributed by atoms with Gasteiger partial charge in [0.1, 0.15) is 0 Å². The third-order valence-electron chi connectivity index (χ3n) is 11.7. The summed E-state index contributed by atoms with van der Waals surface area (Å²) in [7, 11) is 2.19. The van der Waals surface area contributed by atoms with Crippen LogP contribution in [0.5, 0.6) is 0 Å².